The van der Waals surface area contributed by atoms with Crippen LogP contribution in [-0.2, 0) is 12.0 Å². The molecule has 0 heterocycles. The van der Waals surface area contributed by atoms with Crippen molar-refractivity contribution < 1.29 is 5.11 Å². The van der Waals surface area contributed by atoms with Gasteiger partial charge in [-0.05, 0) is 42.5 Å². The molecule has 1 aliphatic rings. The zero-order valence-corrected chi connectivity index (χ0v) is 8.66. The molecule has 1 unspecified atom stereocenters. The summed E-state index contributed by atoms with van der Waals surface area (Å²) in [5.41, 5.74) is 7.91. The molecular formula is C13H15NO. The lowest BCUT2D eigenvalue weighted by molar-refractivity contribution is 0.0310. The number of nitrogens with two attached hydrogens (primary N) is 1. The van der Waals surface area contributed by atoms with Crippen molar-refractivity contribution in [2.45, 2.75) is 31.3 Å². The van der Waals surface area contributed by atoms with Crippen LogP contribution in [0.3, 0.4) is 0 Å². The number of rotatable bonds is 2. The smallest absolute Gasteiger partial charge is 0.0911 e. The van der Waals surface area contributed by atoms with E-state index in [1.807, 2.05) is 18.2 Å². The van der Waals surface area contributed by atoms with Gasteiger partial charge in [0.15, 0.2) is 0 Å². The van der Waals surface area contributed by atoms with Crippen LogP contribution in [0.4, 0.5) is 5.69 Å². The number of benzene rings is 1. The predicted octanol–water partition coefficient (Wildman–Crippen LogP) is 1.82. The van der Waals surface area contributed by atoms with Crippen LogP contribution in [0.1, 0.15) is 30.4 Å². The molecule has 1 aliphatic carbocycles. The summed E-state index contributed by atoms with van der Waals surface area (Å²) in [7, 11) is 0. The van der Waals surface area contributed by atoms with Gasteiger partial charge < -0.3 is 10.8 Å². The van der Waals surface area contributed by atoms with Crippen molar-refractivity contribution in [3.63, 3.8) is 0 Å². The second-order valence-corrected chi connectivity index (χ2v) is 4.15. The van der Waals surface area contributed by atoms with E-state index in [1.165, 1.54) is 0 Å². The van der Waals surface area contributed by atoms with E-state index in [0.717, 1.165) is 29.7 Å². The Bertz CT molecular complexity index is 419. The highest BCUT2D eigenvalue weighted by atomic mass is 16.3. The number of hydrogen-bond acceptors (Lipinski definition) is 2. The van der Waals surface area contributed by atoms with Gasteiger partial charge in [-0.3, -0.25) is 0 Å². The highest BCUT2D eigenvalue weighted by molar-refractivity contribution is 5.48. The molecular weight excluding hydrogens is 186 g/mol. The summed E-state index contributed by atoms with van der Waals surface area (Å²) in [6.45, 7) is 0. The normalized spacial score (nSPS) is 23.5. The molecule has 78 valence electrons. The Kier molecular flexibility index (Phi) is 2.42. The molecule has 0 saturated heterocycles. The monoisotopic (exact) mass is 201 g/mol. The average molecular weight is 201 g/mol. The molecule has 0 aromatic heterocycles. The third-order valence-corrected chi connectivity index (χ3v) is 3.12. The van der Waals surface area contributed by atoms with Gasteiger partial charge in [0.05, 0.1) is 5.60 Å². The highest BCUT2D eigenvalue weighted by Gasteiger charge is 2.35. The van der Waals surface area contributed by atoms with E-state index < -0.39 is 5.60 Å². The van der Waals surface area contributed by atoms with Gasteiger partial charge in [-0.25, -0.2) is 0 Å². The Morgan fingerprint density at radius 2 is 2.33 bits per heavy atom. The maximum atomic E-state index is 10.4. The summed E-state index contributed by atoms with van der Waals surface area (Å²) >= 11 is 0. The van der Waals surface area contributed by atoms with E-state index in [9.17, 15) is 5.11 Å². The zero-order valence-electron chi connectivity index (χ0n) is 8.66. The van der Waals surface area contributed by atoms with Crippen LogP contribution in [0.2, 0.25) is 0 Å². The molecule has 1 atom stereocenters. The maximum absolute atomic E-state index is 10.4. The van der Waals surface area contributed by atoms with Gasteiger partial charge >= 0.3 is 0 Å². The van der Waals surface area contributed by atoms with Crippen molar-refractivity contribution in [1.82, 2.24) is 0 Å². The van der Waals surface area contributed by atoms with Gasteiger partial charge in [0.2, 0.25) is 0 Å². The third kappa shape index (κ3) is 1.71. The second-order valence-electron chi connectivity index (χ2n) is 4.15. The Labute approximate surface area is 90.1 Å². The number of anilines is 1. The van der Waals surface area contributed by atoms with E-state index in [1.54, 1.807) is 0 Å². The Morgan fingerprint density at radius 3 is 3.07 bits per heavy atom. The van der Waals surface area contributed by atoms with Crippen LogP contribution in [0, 0.1) is 12.3 Å². The van der Waals surface area contributed by atoms with Crippen molar-refractivity contribution in [3.05, 3.63) is 29.3 Å². The summed E-state index contributed by atoms with van der Waals surface area (Å²) in [6.07, 6.45) is 8.13. The van der Waals surface area contributed by atoms with Gasteiger partial charge in [0, 0.05) is 12.1 Å². The summed E-state index contributed by atoms with van der Waals surface area (Å²) in [4.78, 5) is 0. The van der Waals surface area contributed by atoms with E-state index in [2.05, 4.69) is 5.92 Å². The van der Waals surface area contributed by atoms with Gasteiger partial charge in [-0.1, -0.05) is 6.07 Å². The minimum Gasteiger partial charge on any atom is -0.399 e. The van der Waals surface area contributed by atoms with Gasteiger partial charge in [-0.2, -0.15) is 0 Å². The predicted molar refractivity (Wildman–Crippen MR) is 61.1 cm³/mol. The molecule has 3 N–H and O–H groups in total. The molecule has 1 aromatic rings. The minimum atomic E-state index is -0.727. The lowest BCUT2D eigenvalue weighted by atomic mass is 9.91. The molecule has 15 heavy (non-hydrogen) atoms. The van der Waals surface area contributed by atoms with Crippen LogP contribution in [0.5, 0.6) is 0 Å². The largest absolute Gasteiger partial charge is 0.399 e. The molecule has 1 aromatic carbocycles. The number of hydrogen-bond donors (Lipinski definition) is 2. The van der Waals surface area contributed by atoms with Crippen LogP contribution >= 0.6 is 0 Å². The van der Waals surface area contributed by atoms with Crippen molar-refractivity contribution in [2.75, 3.05) is 5.73 Å². The van der Waals surface area contributed by atoms with Crippen LogP contribution in [-0.4, -0.2) is 5.11 Å². The number of fused-ring (bicyclic) bond motifs is 1. The number of aryl methyl sites for hydroxylation is 1. The first-order chi connectivity index (χ1) is 7.15. The topological polar surface area (TPSA) is 46.2 Å². The standard InChI is InChI=1S/C13H15NO/c1-2-3-7-13(15)8-6-10-9-11(14)4-5-12(10)13/h1,4-5,9,15H,3,6-8,14H2. The summed E-state index contributed by atoms with van der Waals surface area (Å²) in [5, 5.41) is 10.4. The molecule has 0 spiro atoms. The molecule has 2 rings (SSSR count). The number of terminal acetylenes is 1. The number of aliphatic hydroxyl groups is 1. The van der Waals surface area contributed by atoms with Crippen LogP contribution in [0.15, 0.2) is 18.2 Å². The maximum Gasteiger partial charge on any atom is 0.0911 e. The molecule has 0 bridgehead atoms. The second kappa shape index (κ2) is 3.60. The first kappa shape index (κ1) is 10.1. The third-order valence-electron chi connectivity index (χ3n) is 3.12. The lowest BCUT2D eigenvalue weighted by Gasteiger charge is -2.23. The van der Waals surface area contributed by atoms with E-state index in [-0.39, 0.29) is 0 Å². The fraction of sp³-hybridized carbons (Fsp3) is 0.385. The molecule has 0 fully saturated rings. The minimum absolute atomic E-state index is 0.611. The highest BCUT2D eigenvalue weighted by Crippen LogP contribution is 2.40. The van der Waals surface area contributed by atoms with Gasteiger partial charge in [-0.15, -0.1) is 12.3 Å². The van der Waals surface area contributed by atoms with E-state index in [4.69, 9.17) is 12.2 Å². The van der Waals surface area contributed by atoms with Crippen molar-refractivity contribution in [1.29, 1.82) is 0 Å². The fourth-order valence-electron chi connectivity index (χ4n) is 2.29. The molecule has 0 amide bonds. The van der Waals surface area contributed by atoms with E-state index in [0.29, 0.717) is 12.8 Å². The fourth-order valence-corrected chi connectivity index (χ4v) is 2.29. The first-order valence-electron chi connectivity index (χ1n) is 5.20. The Balaban J connectivity index is 2.32. The van der Waals surface area contributed by atoms with Crippen molar-refractivity contribution >= 4 is 5.69 Å². The van der Waals surface area contributed by atoms with Crippen molar-refractivity contribution in [3.8, 4) is 12.3 Å². The Hall–Kier alpha value is -1.46. The van der Waals surface area contributed by atoms with E-state index >= 15 is 0 Å². The van der Waals surface area contributed by atoms with Crippen molar-refractivity contribution in [2.24, 2.45) is 0 Å². The molecule has 2 heteroatoms. The average Bonchev–Trinajstić information content (AvgIpc) is 2.54. The summed E-state index contributed by atoms with van der Waals surface area (Å²) < 4.78 is 0. The quantitative estimate of drug-likeness (QED) is 0.566. The molecule has 0 saturated carbocycles. The summed E-state index contributed by atoms with van der Waals surface area (Å²) in [5.74, 6) is 2.58. The van der Waals surface area contributed by atoms with Crippen LogP contribution < -0.4 is 5.73 Å². The summed E-state index contributed by atoms with van der Waals surface area (Å²) in [6, 6.07) is 5.71. The molecule has 0 radical (unpaired) electrons. The zero-order chi connectivity index (χ0) is 10.9. The van der Waals surface area contributed by atoms with Crippen LogP contribution in [0.25, 0.3) is 0 Å². The van der Waals surface area contributed by atoms with Gasteiger partial charge in [0.1, 0.15) is 0 Å². The lowest BCUT2D eigenvalue weighted by Crippen LogP contribution is -2.21. The Morgan fingerprint density at radius 1 is 1.53 bits per heavy atom. The first-order valence-corrected chi connectivity index (χ1v) is 5.20. The molecule has 0 aliphatic heterocycles. The van der Waals surface area contributed by atoms with Gasteiger partial charge in [0.25, 0.3) is 0 Å². The number of nitrogen functional groups attached to an aromatic ring is 1. The SMILES string of the molecule is C#CCCC1(O)CCc2cc(N)ccc21. The molecule has 2 nitrogen and oxygen atoms in total.